The molecule has 1 rings (SSSR count). The quantitative estimate of drug-likeness (QED) is 0.775. The Morgan fingerprint density at radius 1 is 1.50 bits per heavy atom. The predicted molar refractivity (Wildman–Crippen MR) is 61.1 cm³/mol. The van der Waals surface area contributed by atoms with Gasteiger partial charge in [0, 0.05) is 12.6 Å². The monoisotopic (exact) mass is 221 g/mol. The fourth-order valence-electron chi connectivity index (χ4n) is 1.19. The maximum atomic E-state index is 11.3. The van der Waals surface area contributed by atoms with Gasteiger partial charge in [-0.05, 0) is 25.5 Å². The van der Waals surface area contributed by atoms with Crippen LogP contribution in [0.25, 0.3) is 6.08 Å². The fourth-order valence-corrected chi connectivity index (χ4v) is 1.19. The van der Waals surface area contributed by atoms with Crippen molar-refractivity contribution in [3.63, 3.8) is 0 Å². The second-order valence-corrected chi connectivity index (χ2v) is 3.38. The van der Waals surface area contributed by atoms with Crippen LogP contribution in [-0.2, 0) is 9.53 Å². The third kappa shape index (κ3) is 3.73. The van der Waals surface area contributed by atoms with Crippen molar-refractivity contribution in [3.8, 4) is 0 Å². The summed E-state index contributed by atoms with van der Waals surface area (Å²) in [6.07, 6.45) is 5.66. The molecule has 0 radical (unpaired) electrons. The zero-order valence-corrected chi connectivity index (χ0v) is 9.45. The summed E-state index contributed by atoms with van der Waals surface area (Å²) in [7, 11) is 0. The van der Waals surface area contributed by atoms with Crippen molar-refractivity contribution in [1.82, 2.24) is 4.98 Å². The summed E-state index contributed by atoms with van der Waals surface area (Å²) in [6, 6.07) is 1.69. The van der Waals surface area contributed by atoms with Gasteiger partial charge in [-0.2, -0.15) is 0 Å². The zero-order chi connectivity index (χ0) is 12.0. The second-order valence-electron chi connectivity index (χ2n) is 3.38. The average Bonchev–Trinajstić information content (AvgIpc) is 2.66. The van der Waals surface area contributed by atoms with Gasteiger partial charge in [0.15, 0.2) is 0 Å². The maximum absolute atomic E-state index is 11.3. The lowest BCUT2D eigenvalue weighted by Gasteiger charge is -1.96. The number of rotatable bonds is 5. The normalized spacial score (nSPS) is 10.6. The minimum atomic E-state index is -0.367. The molecule has 0 aliphatic rings. The summed E-state index contributed by atoms with van der Waals surface area (Å²) in [6.45, 7) is 3.65. The van der Waals surface area contributed by atoms with Crippen LogP contribution >= 0.6 is 0 Å². The molecule has 86 valence electrons. The molecular weight excluding hydrogens is 206 g/mol. The molecule has 0 amide bonds. The highest BCUT2D eigenvalue weighted by Crippen LogP contribution is 2.07. The minimum Gasteiger partial charge on any atom is -0.461 e. The van der Waals surface area contributed by atoms with Gasteiger partial charge >= 0.3 is 5.97 Å². The van der Waals surface area contributed by atoms with Gasteiger partial charge in [-0.25, -0.2) is 4.79 Å². The van der Waals surface area contributed by atoms with E-state index in [9.17, 15) is 9.59 Å². The highest BCUT2D eigenvalue weighted by atomic mass is 16.5. The number of aromatic amines is 1. The summed E-state index contributed by atoms with van der Waals surface area (Å²) in [5.41, 5.74) is 1.27. The number of nitrogens with one attached hydrogen (secondary N) is 1. The van der Waals surface area contributed by atoms with Crippen molar-refractivity contribution >= 4 is 17.8 Å². The minimum absolute atomic E-state index is 0.109. The highest BCUT2D eigenvalue weighted by molar-refractivity contribution is 5.88. The molecule has 0 unspecified atom stereocenters. The molecule has 0 aliphatic carbocycles. The molecule has 0 saturated heterocycles. The average molecular weight is 221 g/mol. The number of hydrogen-bond donors (Lipinski definition) is 1. The van der Waals surface area contributed by atoms with Crippen LogP contribution in [0.5, 0.6) is 0 Å². The molecule has 0 aromatic carbocycles. The van der Waals surface area contributed by atoms with Crippen molar-refractivity contribution in [2.75, 3.05) is 6.61 Å². The van der Waals surface area contributed by atoms with Gasteiger partial charge in [0.25, 0.3) is 0 Å². The van der Waals surface area contributed by atoms with Crippen LogP contribution in [-0.4, -0.2) is 23.3 Å². The van der Waals surface area contributed by atoms with Crippen molar-refractivity contribution in [1.29, 1.82) is 0 Å². The molecule has 4 nitrogen and oxygen atoms in total. The number of allylic oxidation sites excluding steroid dienone is 1. The summed E-state index contributed by atoms with van der Waals surface area (Å²) in [5.74, 6) is -0.258. The molecule has 0 aliphatic heterocycles. The Morgan fingerprint density at radius 3 is 2.88 bits per heavy atom. The van der Waals surface area contributed by atoms with Gasteiger partial charge in [0.05, 0.1) is 6.61 Å². The lowest BCUT2D eigenvalue weighted by Crippen LogP contribution is -2.04. The Bertz CT molecular complexity index is 404. The molecule has 4 heteroatoms. The first-order chi connectivity index (χ1) is 7.63. The third-order valence-corrected chi connectivity index (χ3v) is 1.92. The Kier molecular flexibility index (Phi) is 4.51. The number of H-pyrrole nitrogens is 1. The van der Waals surface area contributed by atoms with Gasteiger partial charge in [-0.3, -0.25) is 4.79 Å². The number of ether oxygens (including phenoxy) is 1. The number of Topliss-reactive ketones (excluding diaryl/α,β-unsaturated/α-hetero) is 1. The second kappa shape index (κ2) is 5.90. The van der Waals surface area contributed by atoms with E-state index in [0.29, 0.717) is 18.7 Å². The molecule has 0 fully saturated rings. The molecule has 0 atom stereocenters. The first-order valence-corrected chi connectivity index (χ1v) is 5.15. The van der Waals surface area contributed by atoms with Crippen molar-refractivity contribution in [3.05, 3.63) is 29.6 Å². The first-order valence-electron chi connectivity index (χ1n) is 5.15. The molecular formula is C12H15NO3. The van der Waals surface area contributed by atoms with Gasteiger partial charge in [-0.1, -0.05) is 12.2 Å². The number of hydrogen-bond acceptors (Lipinski definition) is 3. The standard InChI is InChI=1S/C12H15NO3/c1-3-16-12(15)11-7-10(8-13-11)6-4-5-9(2)14/h4,6-8,13H,3,5H2,1-2H3. The zero-order valence-electron chi connectivity index (χ0n) is 9.45. The summed E-state index contributed by atoms with van der Waals surface area (Å²) in [4.78, 5) is 24.8. The number of esters is 1. The van der Waals surface area contributed by atoms with Crippen LogP contribution in [0.3, 0.4) is 0 Å². The van der Waals surface area contributed by atoms with E-state index in [4.69, 9.17) is 4.74 Å². The number of aromatic nitrogens is 1. The Labute approximate surface area is 94.3 Å². The molecule has 1 heterocycles. The van der Waals surface area contributed by atoms with Crippen LogP contribution in [0.1, 0.15) is 36.3 Å². The smallest absolute Gasteiger partial charge is 0.354 e. The Balaban J connectivity index is 2.61. The molecule has 0 bridgehead atoms. The van der Waals surface area contributed by atoms with E-state index in [2.05, 4.69) is 4.98 Å². The van der Waals surface area contributed by atoms with Gasteiger partial charge in [-0.15, -0.1) is 0 Å². The Hall–Kier alpha value is -1.84. The van der Waals surface area contributed by atoms with E-state index < -0.39 is 0 Å². The van der Waals surface area contributed by atoms with E-state index in [1.165, 1.54) is 6.92 Å². The number of carbonyl (C=O) groups is 2. The lowest BCUT2D eigenvalue weighted by molar-refractivity contribution is -0.116. The summed E-state index contributed by atoms with van der Waals surface area (Å²) >= 11 is 0. The van der Waals surface area contributed by atoms with Gasteiger partial charge in [0.2, 0.25) is 0 Å². The summed E-state index contributed by atoms with van der Waals surface area (Å²) < 4.78 is 4.84. The van der Waals surface area contributed by atoms with E-state index in [0.717, 1.165) is 5.56 Å². The van der Waals surface area contributed by atoms with E-state index in [1.54, 1.807) is 31.3 Å². The topological polar surface area (TPSA) is 59.2 Å². The summed E-state index contributed by atoms with van der Waals surface area (Å²) in [5, 5.41) is 0. The van der Waals surface area contributed by atoms with Crippen LogP contribution in [0, 0.1) is 0 Å². The highest BCUT2D eigenvalue weighted by Gasteiger charge is 2.07. The van der Waals surface area contributed by atoms with Crippen LogP contribution in [0.4, 0.5) is 0 Å². The SMILES string of the molecule is CCOC(=O)c1cc(C=CCC(C)=O)c[nH]1. The first kappa shape index (κ1) is 12.2. The predicted octanol–water partition coefficient (Wildman–Crippen LogP) is 2.18. The third-order valence-electron chi connectivity index (χ3n) is 1.92. The van der Waals surface area contributed by atoms with Crippen molar-refractivity contribution in [2.45, 2.75) is 20.3 Å². The van der Waals surface area contributed by atoms with Crippen LogP contribution in [0.15, 0.2) is 18.3 Å². The van der Waals surface area contributed by atoms with E-state index in [-0.39, 0.29) is 11.8 Å². The van der Waals surface area contributed by atoms with Crippen molar-refractivity contribution < 1.29 is 14.3 Å². The fraction of sp³-hybridized carbons (Fsp3) is 0.333. The van der Waals surface area contributed by atoms with Crippen LogP contribution < -0.4 is 0 Å². The number of ketones is 1. The molecule has 1 N–H and O–H groups in total. The molecule has 1 aromatic rings. The molecule has 16 heavy (non-hydrogen) atoms. The van der Waals surface area contributed by atoms with E-state index in [1.807, 2.05) is 0 Å². The largest absolute Gasteiger partial charge is 0.461 e. The molecule has 1 aromatic heterocycles. The Morgan fingerprint density at radius 2 is 2.25 bits per heavy atom. The number of carbonyl (C=O) groups excluding carboxylic acids is 2. The van der Waals surface area contributed by atoms with Gasteiger partial charge < -0.3 is 9.72 Å². The maximum Gasteiger partial charge on any atom is 0.354 e. The van der Waals surface area contributed by atoms with Crippen LogP contribution in [0.2, 0.25) is 0 Å². The van der Waals surface area contributed by atoms with E-state index >= 15 is 0 Å². The lowest BCUT2D eigenvalue weighted by atomic mass is 10.2. The van der Waals surface area contributed by atoms with Crippen molar-refractivity contribution in [2.24, 2.45) is 0 Å². The van der Waals surface area contributed by atoms with Gasteiger partial charge in [0.1, 0.15) is 11.5 Å². The molecule has 0 spiro atoms. The molecule has 0 saturated carbocycles.